The molecule has 0 radical (unpaired) electrons. The summed E-state index contributed by atoms with van der Waals surface area (Å²) in [7, 11) is 0. The van der Waals surface area contributed by atoms with Crippen molar-refractivity contribution >= 4 is 0 Å². The Morgan fingerprint density at radius 3 is 1.29 bits per heavy atom. The van der Waals surface area contributed by atoms with Crippen LogP contribution < -0.4 is 0 Å². The van der Waals surface area contributed by atoms with Gasteiger partial charge in [0.25, 0.3) is 0 Å². The van der Waals surface area contributed by atoms with E-state index >= 15 is 0 Å². The zero-order chi connectivity index (χ0) is 25.6. The molecule has 2 aliphatic carbocycles. The van der Waals surface area contributed by atoms with Gasteiger partial charge in [0.05, 0.1) is 12.2 Å². The lowest BCUT2D eigenvalue weighted by molar-refractivity contribution is 0.231. The molecule has 0 amide bonds. The maximum Gasteiger partial charge on any atom is 0.0935 e. The normalized spacial score (nSPS) is 28.3. The molecule has 0 aromatic carbocycles. The van der Waals surface area contributed by atoms with Crippen LogP contribution in [0.4, 0.5) is 0 Å². The molecule has 4 atom stereocenters. The van der Waals surface area contributed by atoms with Crippen molar-refractivity contribution in [3.63, 3.8) is 0 Å². The van der Waals surface area contributed by atoms with E-state index in [1.807, 2.05) is 12.2 Å². The quantitative estimate of drug-likeness (QED) is 0.150. The third-order valence-corrected chi connectivity index (χ3v) is 8.15. The van der Waals surface area contributed by atoms with Crippen molar-refractivity contribution < 1.29 is 10.2 Å². The Bertz CT molecular complexity index is 655. The number of aliphatic hydroxyl groups is 2. The second-order valence-corrected chi connectivity index (χ2v) is 12.0. The Hall–Kier alpha value is -1.12. The molecule has 200 valence electrons. The van der Waals surface area contributed by atoms with E-state index in [0.717, 1.165) is 24.0 Å². The highest BCUT2D eigenvalue weighted by molar-refractivity contribution is 5.36. The first kappa shape index (κ1) is 30.1. The fourth-order valence-corrected chi connectivity index (χ4v) is 5.77. The van der Waals surface area contributed by atoms with Crippen LogP contribution in [0.5, 0.6) is 0 Å². The van der Waals surface area contributed by atoms with Gasteiger partial charge in [-0.2, -0.15) is 0 Å². The van der Waals surface area contributed by atoms with Crippen LogP contribution in [-0.4, -0.2) is 22.4 Å². The molecule has 0 aliphatic heterocycles. The summed E-state index contributed by atoms with van der Waals surface area (Å²) in [4.78, 5) is 0. The smallest absolute Gasteiger partial charge is 0.0935 e. The zero-order valence-corrected chi connectivity index (χ0v) is 23.5. The van der Waals surface area contributed by atoms with Gasteiger partial charge in [-0.05, 0) is 30.4 Å². The molecular formula is C33H56O2. The summed E-state index contributed by atoms with van der Waals surface area (Å²) in [6.45, 7) is 9.12. The highest BCUT2D eigenvalue weighted by atomic mass is 16.3. The predicted octanol–water partition coefficient (Wildman–Crippen LogP) is 9.38. The second-order valence-electron chi connectivity index (χ2n) is 12.0. The Morgan fingerprint density at radius 2 is 0.914 bits per heavy atom. The van der Waals surface area contributed by atoms with Gasteiger partial charge in [0, 0.05) is 10.8 Å². The van der Waals surface area contributed by atoms with E-state index in [4.69, 9.17) is 0 Å². The third-order valence-electron chi connectivity index (χ3n) is 8.15. The van der Waals surface area contributed by atoms with Gasteiger partial charge < -0.3 is 10.2 Å². The number of allylic oxidation sites excluding steroid dienone is 4. The monoisotopic (exact) mass is 484 g/mol. The first-order valence-electron chi connectivity index (χ1n) is 15.0. The Morgan fingerprint density at radius 1 is 0.571 bits per heavy atom. The van der Waals surface area contributed by atoms with Crippen LogP contribution in [0.1, 0.15) is 137 Å². The van der Waals surface area contributed by atoms with Crippen LogP contribution in [0.3, 0.4) is 0 Å². The van der Waals surface area contributed by atoms with Crippen molar-refractivity contribution in [2.75, 3.05) is 0 Å². The minimum absolute atomic E-state index is 0.00901. The van der Waals surface area contributed by atoms with Gasteiger partial charge in [-0.25, -0.2) is 0 Å². The zero-order valence-electron chi connectivity index (χ0n) is 23.5. The topological polar surface area (TPSA) is 40.5 Å². The van der Waals surface area contributed by atoms with Crippen LogP contribution in [0.15, 0.2) is 47.6 Å². The molecule has 0 aromatic rings. The molecule has 0 aromatic heterocycles. The van der Waals surface area contributed by atoms with E-state index in [0.29, 0.717) is 6.42 Å². The number of hydrogen-bond donors (Lipinski definition) is 2. The van der Waals surface area contributed by atoms with Crippen molar-refractivity contribution in [3.05, 3.63) is 47.6 Å². The molecule has 2 heteroatoms. The largest absolute Gasteiger partial charge is 0.385 e. The van der Waals surface area contributed by atoms with Gasteiger partial charge in [-0.3, -0.25) is 0 Å². The van der Waals surface area contributed by atoms with Gasteiger partial charge >= 0.3 is 0 Å². The van der Waals surface area contributed by atoms with Crippen LogP contribution in [0.2, 0.25) is 0 Å². The average Bonchev–Trinajstić information content (AvgIpc) is 2.83. The predicted molar refractivity (Wildman–Crippen MR) is 153 cm³/mol. The summed E-state index contributed by atoms with van der Waals surface area (Å²) in [6.07, 6.45) is 33.3. The van der Waals surface area contributed by atoms with E-state index in [2.05, 4.69) is 52.0 Å². The third kappa shape index (κ3) is 11.2. The highest BCUT2D eigenvalue weighted by Gasteiger charge is 2.29. The van der Waals surface area contributed by atoms with Gasteiger partial charge in [-0.15, -0.1) is 0 Å². The minimum Gasteiger partial charge on any atom is -0.385 e. The van der Waals surface area contributed by atoms with Crippen LogP contribution in [0, 0.1) is 10.8 Å². The maximum absolute atomic E-state index is 10.7. The maximum atomic E-state index is 10.7. The van der Waals surface area contributed by atoms with Crippen molar-refractivity contribution in [3.8, 4) is 0 Å². The van der Waals surface area contributed by atoms with Crippen LogP contribution >= 0.6 is 0 Å². The Balaban J connectivity index is 1.89. The Labute approximate surface area is 217 Å². The summed E-state index contributed by atoms with van der Waals surface area (Å²) >= 11 is 0. The van der Waals surface area contributed by atoms with E-state index in [-0.39, 0.29) is 10.8 Å². The first-order chi connectivity index (χ1) is 16.8. The fraction of sp³-hybridized carbons (Fsp3) is 0.758. The number of hydrogen-bond acceptors (Lipinski definition) is 2. The molecule has 0 fully saturated rings. The van der Waals surface area contributed by atoms with Crippen LogP contribution in [-0.2, 0) is 0 Å². The highest BCUT2D eigenvalue weighted by Crippen LogP contribution is 2.39. The van der Waals surface area contributed by atoms with E-state index in [9.17, 15) is 10.2 Å². The lowest BCUT2D eigenvalue weighted by Crippen LogP contribution is -2.25. The Kier molecular flexibility index (Phi) is 13.7. The molecule has 4 unspecified atom stereocenters. The summed E-state index contributed by atoms with van der Waals surface area (Å²) in [5.74, 6) is 0. The minimum atomic E-state index is -0.537. The first-order valence-corrected chi connectivity index (χ1v) is 15.0. The van der Waals surface area contributed by atoms with Crippen molar-refractivity contribution in [1.82, 2.24) is 0 Å². The lowest BCUT2D eigenvalue weighted by atomic mass is 9.74. The van der Waals surface area contributed by atoms with Crippen molar-refractivity contribution in [2.45, 2.75) is 149 Å². The fourth-order valence-electron chi connectivity index (χ4n) is 5.77. The van der Waals surface area contributed by atoms with E-state index in [1.165, 1.54) is 89.9 Å². The molecule has 35 heavy (non-hydrogen) atoms. The SMILES string of the molecule is CCCCCCCCCC1(C)C=CC(O)C(CC2=CC(C)(CCCCCCCCC)C=CC2O)=C1. The van der Waals surface area contributed by atoms with Gasteiger partial charge in [0.1, 0.15) is 0 Å². The molecule has 2 rings (SSSR count). The number of aliphatic hydroxyl groups excluding tert-OH is 2. The lowest BCUT2D eigenvalue weighted by Gasteiger charge is -2.33. The average molecular weight is 485 g/mol. The molecule has 0 saturated carbocycles. The van der Waals surface area contributed by atoms with E-state index in [1.54, 1.807) is 0 Å². The molecular weight excluding hydrogens is 428 g/mol. The number of rotatable bonds is 18. The molecule has 0 saturated heterocycles. The van der Waals surface area contributed by atoms with Gasteiger partial charge in [0.2, 0.25) is 0 Å². The molecule has 0 heterocycles. The molecule has 2 aliphatic rings. The summed E-state index contributed by atoms with van der Waals surface area (Å²) in [5.41, 5.74) is 2.12. The van der Waals surface area contributed by atoms with Crippen molar-refractivity contribution in [2.24, 2.45) is 10.8 Å². The summed E-state index contributed by atoms with van der Waals surface area (Å²) in [5, 5.41) is 21.4. The standard InChI is InChI=1S/C33H56O2/c1-5-7-9-11-13-15-17-21-32(3)23-19-30(34)28(26-32)25-29-27-33(4,24-20-31(29)35)22-18-16-14-12-10-8-6-2/h19-20,23-24,26-27,30-31,34-35H,5-18,21-22,25H2,1-4H3. The van der Waals surface area contributed by atoms with Crippen LogP contribution in [0.25, 0.3) is 0 Å². The summed E-state index contributed by atoms with van der Waals surface area (Å²) < 4.78 is 0. The molecule has 0 spiro atoms. The molecule has 0 bridgehead atoms. The van der Waals surface area contributed by atoms with Gasteiger partial charge in [-0.1, -0.05) is 154 Å². The van der Waals surface area contributed by atoms with Crippen molar-refractivity contribution in [1.29, 1.82) is 0 Å². The van der Waals surface area contributed by atoms with Gasteiger partial charge in [0.15, 0.2) is 0 Å². The molecule has 2 nitrogen and oxygen atoms in total. The number of unbranched alkanes of at least 4 members (excludes halogenated alkanes) is 12. The van der Waals surface area contributed by atoms with E-state index < -0.39 is 12.2 Å². The second kappa shape index (κ2) is 15.9. The summed E-state index contributed by atoms with van der Waals surface area (Å²) in [6, 6.07) is 0. The molecule has 2 N–H and O–H groups in total.